The maximum Gasteiger partial charge on any atom is 0.291 e. The summed E-state index contributed by atoms with van der Waals surface area (Å²) in [4.78, 5) is 16.3. The van der Waals surface area contributed by atoms with Crippen LogP contribution in [-0.2, 0) is 9.63 Å². The van der Waals surface area contributed by atoms with Crippen LogP contribution in [0.15, 0.2) is 16.4 Å². The summed E-state index contributed by atoms with van der Waals surface area (Å²) < 4.78 is 11.6. The Kier molecular flexibility index (Phi) is 6.46. The molecule has 1 rings (SSSR count). The van der Waals surface area contributed by atoms with Crippen molar-refractivity contribution in [1.29, 1.82) is 0 Å². The lowest BCUT2D eigenvalue weighted by molar-refractivity contribution is -0.107. The zero-order chi connectivity index (χ0) is 10.6. The fourth-order valence-electron chi connectivity index (χ4n) is 0.781. The van der Waals surface area contributed by atoms with Crippen molar-refractivity contribution in [3.05, 3.63) is 11.2 Å². The van der Waals surface area contributed by atoms with Crippen LogP contribution in [0.25, 0.3) is 0 Å². The standard InChI is InChI=1S/C6H7ClFN3O2S.ClH/c7-5(12)6(10-13-2-8)11-1-4(9)14-3-11;/h1H,2-3,9H2;1H. The van der Waals surface area contributed by atoms with Gasteiger partial charge in [0.25, 0.3) is 12.1 Å². The van der Waals surface area contributed by atoms with Gasteiger partial charge >= 0.3 is 0 Å². The maximum absolute atomic E-state index is 11.6. The predicted octanol–water partition coefficient (Wildman–Crippen LogP) is 1.19. The molecular formula is C6H8Cl2FN3O2S. The Hall–Kier alpha value is -0.660. The van der Waals surface area contributed by atoms with Crippen molar-refractivity contribution in [3.63, 3.8) is 0 Å². The van der Waals surface area contributed by atoms with Gasteiger partial charge < -0.3 is 15.5 Å². The first-order valence-corrected chi connectivity index (χ1v) is 4.84. The molecule has 0 amide bonds. The molecule has 1 aliphatic rings. The van der Waals surface area contributed by atoms with Crippen LogP contribution in [0.2, 0.25) is 0 Å². The zero-order valence-corrected chi connectivity index (χ0v) is 9.74. The van der Waals surface area contributed by atoms with Gasteiger partial charge in [-0.3, -0.25) is 4.79 Å². The quantitative estimate of drug-likeness (QED) is 0.363. The molecule has 0 atom stereocenters. The van der Waals surface area contributed by atoms with E-state index in [1.807, 2.05) is 0 Å². The topological polar surface area (TPSA) is 67.9 Å². The smallest absolute Gasteiger partial charge is 0.291 e. The van der Waals surface area contributed by atoms with E-state index in [1.165, 1.54) is 22.9 Å². The molecule has 1 aliphatic heterocycles. The normalized spacial score (nSPS) is 15.7. The second-order valence-electron chi connectivity index (χ2n) is 2.20. The van der Waals surface area contributed by atoms with Crippen LogP contribution in [0.1, 0.15) is 0 Å². The van der Waals surface area contributed by atoms with Gasteiger partial charge in [0.05, 0.1) is 10.9 Å². The molecule has 0 saturated carbocycles. The Morgan fingerprint density at radius 2 is 2.53 bits per heavy atom. The molecule has 0 aromatic heterocycles. The van der Waals surface area contributed by atoms with Crippen LogP contribution in [0.5, 0.6) is 0 Å². The molecule has 0 aliphatic carbocycles. The Labute approximate surface area is 101 Å². The van der Waals surface area contributed by atoms with Crippen molar-refractivity contribution < 1.29 is 14.0 Å². The Morgan fingerprint density at radius 3 is 2.93 bits per heavy atom. The molecule has 0 unspecified atom stereocenters. The number of carbonyl (C=O) groups is 1. The maximum atomic E-state index is 11.6. The summed E-state index contributed by atoms with van der Waals surface area (Å²) in [6.07, 6.45) is 1.48. The Balaban J connectivity index is 0.00000196. The molecule has 0 aromatic carbocycles. The first kappa shape index (κ1) is 14.3. The summed E-state index contributed by atoms with van der Waals surface area (Å²) in [6, 6.07) is 0. The van der Waals surface area contributed by atoms with Crippen molar-refractivity contribution in [1.82, 2.24) is 4.90 Å². The number of hydrogen-bond acceptors (Lipinski definition) is 5. The Morgan fingerprint density at radius 1 is 1.87 bits per heavy atom. The van der Waals surface area contributed by atoms with E-state index < -0.39 is 12.1 Å². The fourth-order valence-corrected chi connectivity index (χ4v) is 1.61. The number of amidine groups is 1. The van der Waals surface area contributed by atoms with E-state index in [0.717, 1.165) is 0 Å². The summed E-state index contributed by atoms with van der Waals surface area (Å²) in [6.45, 7) is -1.12. The van der Waals surface area contributed by atoms with Gasteiger partial charge in [-0.15, -0.1) is 12.4 Å². The molecule has 15 heavy (non-hydrogen) atoms. The minimum Gasteiger partial charge on any atom is -0.392 e. The lowest BCUT2D eigenvalue weighted by atomic mass is 10.6. The second-order valence-corrected chi connectivity index (χ2v) is 3.56. The SMILES string of the molecule is Cl.NC1=CN(C(=NOCF)C(=O)Cl)CS1. The van der Waals surface area contributed by atoms with Crippen LogP contribution >= 0.6 is 35.8 Å². The van der Waals surface area contributed by atoms with E-state index in [9.17, 15) is 9.18 Å². The predicted molar refractivity (Wildman–Crippen MR) is 59.2 cm³/mol. The summed E-state index contributed by atoms with van der Waals surface area (Å²) in [5.41, 5.74) is 5.45. The molecule has 0 radical (unpaired) electrons. The van der Waals surface area contributed by atoms with Crippen molar-refractivity contribution >= 4 is 46.8 Å². The number of thioether (sulfide) groups is 1. The summed E-state index contributed by atoms with van der Waals surface area (Å²) in [5, 5.41) is 2.93. The minimum atomic E-state index is -1.12. The van der Waals surface area contributed by atoms with Crippen LogP contribution < -0.4 is 5.73 Å². The molecule has 9 heteroatoms. The minimum absolute atomic E-state index is 0. The van der Waals surface area contributed by atoms with E-state index in [4.69, 9.17) is 17.3 Å². The van der Waals surface area contributed by atoms with Crippen LogP contribution in [0, 0.1) is 0 Å². The second kappa shape index (κ2) is 6.76. The third kappa shape index (κ3) is 4.15. The van der Waals surface area contributed by atoms with Crippen LogP contribution in [-0.4, -0.2) is 28.7 Å². The van der Waals surface area contributed by atoms with E-state index in [-0.39, 0.29) is 18.2 Å². The highest BCUT2D eigenvalue weighted by molar-refractivity contribution is 8.03. The van der Waals surface area contributed by atoms with E-state index in [2.05, 4.69) is 9.99 Å². The number of hydrogen-bond donors (Lipinski definition) is 1. The van der Waals surface area contributed by atoms with E-state index in [1.54, 1.807) is 0 Å². The summed E-state index contributed by atoms with van der Waals surface area (Å²) in [7, 11) is 0. The molecule has 5 nitrogen and oxygen atoms in total. The van der Waals surface area contributed by atoms with Gasteiger partial charge in [-0.25, -0.2) is 4.39 Å². The molecule has 0 spiro atoms. The van der Waals surface area contributed by atoms with Gasteiger partial charge in [0, 0.05) is 6.20 Å². The van der Waals surface area contributed by atoms with Crippen LogP contribution in [0.3, 0.4) is 0 Å². The monoisotopic (exact) mass is 275 g/mol. The van der Waals surface area contributed by atoms with Gasteiger partial charge in [0.2, 0.25) is 5.84 Å². The van der Waals surface area contributed by atoms with Gasteiger partial charge in [0.1, 0.15) is 0 Å². The van der Waals surface area contributed by atoms with Crippen molar-refractivity contribution in [2.45, 2.75) is 0 Å². The first-order valence-electron chi connectivity index (χ1n) is 3.47. The number of nitrogens with two attached hydrogens (primary N) is 1. The molecule has 0 aromatic rings. The molecule has 1 heterocycles. The average Bonchev–Trinajstić information content (AvgIpc) is 2.52. The lowest BCUT2D eigenvalue weighted by Gasteiger charge is -2.11. The Bertz CT molecular complexity index is 300. The molecular weight excluding hydrogens is 268 g/mol. The number of oxime groups is 1. The van der Waals surface area contributed by atoms with Crippen molar-refractivity contribution in [2.75, 3.05) is 12.7 Å². The highest BCUT2D eigenvalue weighted by atomic mass is 35.5. The number of rotatable bonds is 3. The zero-order valence-electron chi connectivity index (χ0n) is 7.35. The van der Waals surface area contributed by atoms with Gasteiger partial charge in [-0.1, -0.05) is 16.9 Å². The van der Waals surface area contributed by atoms with E-state index >= 15 is 0 Å². The molecule has 0 bridgehead atoms. The molecule has 86 valence electrons. The number of carbonyl (C=O) groups excluding carboxylic acids is 1. The molecule has 2 N–H and O–H groups in total. The van der Waals surface area contributed by atoms with Crippen LogP contribution in [0.4, 0.5) is 4.39 Å². The van der Waals surface area contributed by atoms with Crippen molar-refractivity contribution in [2.24, 2.45) is 10.9 Å². The molecule has 0 saturated heterocycles. The summed E-state index contributed by atoms with van der Waals surface area (Å²) in [5.74, 6) is 0.218. The first-order chi connectivity index (χ1) is 6.65. The third-order valence-corrected chi connectivity index (χ3v) is 2.32. The largest absolute Gasteiger partial charge is 0.392 e. The number of alkyl halides is 1. The molecule has 0 fully saturated rings. The van der Waals surface area contributed by atoms with Gasteiger partial charge in [-0.05, 0) is 11.6 Å². The summed E-state index contributed by atoms with van der Waals surface area (Å²) >= 11 is 6.52. The fraction of sp³-hybridized carbons (Fsp3) is 0.333. The third-order valence-electron chi connectivity index (χ3n) is 1.30. The highest BCUT2D eigenvalue weighted by Crippen LogP contribution is 2.21. The van der Waals surface area contributed by atoms with Gasteiger partial charge in [0.15, 0.2) is 0 Å². The number of nitrogens with zero attached hydrogens (tertiary/aromatic N) is 2. The highest BCUT2D eigenvalue weighted by Gasteiger charge is 2.21. The van der Waals surface area contributed by atoms with Gasteiger partial charge in [-0.2, -0.15) is 0 Å². The van der Waals surface area contributed by atoms with E-state index in [0.29, 0.717) is 10.9 Å². The van der Waals surface area contributed by atoms with Crippen molar-refractivity contribution in [3.8, 4) is 0 Å². The average molecular weight is 276 g/mol. The number of halogens is 3. The lowest BCUT2D eigenvalue weighted by Crippen LogP contribution is -2.28.